The number of carboxylic acid groups (broad SMARTS) is 1. The number of benzene rings is 3. The standard InChI is InChI=1S/C34H36BN5O12/c1-2-39-14-15-40(31(44)30(39)43)33(47)38-27(29(42)37-26-18-22-9-6-10-23(32(45)46)28(22)52-35(26)49)21-11-12-24(41)25(17-21)50-16-13-36-34(48)51-19-20-7-4-3-5-8-20/h3-12,17,26-27,41,49H,2,13-16,18-19H2,1H3,(H,36,48)(H,37,42)(H,38,47)(H,45,46)/t26-,27?/m0/s1. The number of urea groups is 1. The number of nitrogens with zero attached hydrogens (tertiary/aromatic N) is 2. The number of piperazine rings is 1. The van der Waals surface area contributed by atoms with E-state index in [4.69, 9.17) is 14.1 Å². The van der Waals surface area contributed by atoms with E-state index in [1.54, 1.807) is 25.1 Å². The second-order valence-electron chi connectivity index (χ2n) is 11.7. The molecule has 0 bridgehead atoms. The number of aromatic hydroxyl groups is 1. The zero-order valence-electron chi connectivity index (χ0n) is 27.9. The number of ether oxygens (including phenoxy) is 2. The van der Waals surface area contributed by atoms with Gasteiger partial charge in [-0.15, -0.1) is 0 Å². The van der Waals surface area contributed by atoms with Crippen LogP contribution in [-0.2, 0) is 32.1 Å². The van der Waals surface area contributed by atoms with Crippen LogP contribution >= 0.6 is 0 Å². The number of hydrogen-bond donors (Lipinski definition) is 6. The van der Waals surface area contributed by atoms with Gasteiger partial charge in [0.2, 0.25) is 5.91 Å². The van der Waals surface area contributed by atoms with Gasteiger partial charge in [0.25, 0.3) is 0 Å². The number of carbonyl (C=O) groups excluding carboxylic acids is 5. The molecule has 0 aliphatic carbocycles. The first-order valence-corrected chi connectivity index (χ1v) is 16.3. The van der Waals surface area contributed by atoms with E-state index >= 15 is 0 Å². The molecule has 6 N–H and O–H groups in total. The molecule has 3 aromatic rings. The molecule has 5 rings (SSSR count). The lowest BCUT2D eigenvalue weighted by Crippen LogP contribution is -2.60. The zero-order chi connectivity index (χ0) is 37.4. The van der Waals surface area contributed by atoms with Crippen LogP contribution in [-0.4, -0.2) is 107 Å². The molecule has 0 aromatic heterocycles. The van der Waals surface area contributed by atoms with Gasteiger partial charge in [-0.3, -0.25) is 19.3 Å². The molecule has 2 atom stereocenters. The van der Waals surface area contributed by atoms with Gasteiger partial charge in [0.05, 0.1) is 18.0 Å². The maximum atomic E-state index is 13.9. The molecule has 6 amide bonds. The molecule has 2 aliphatic rings. The average molecular weight is 717 g/mol. The third-order valence-electron chi connectivity index (χ3n) is 8.30. The maximum absolute atomic E-state index is 13.9. The van der Waals surface area contributed by atoms with Crippen molar-refractivity contribution in [2.45, 2.75) is 31.9 Å². The molecule has 17 nitrogen and oxygen atoms in total. The minimum absolute atomic E-state index is 0.0253. The zero-order valence-corrected chi connectivity index (χ0v) is 27.9. The molecular formula is C34H36BN5O12. The van der Waals surface area contributed by atoms with Gasteiger partial charge < -0.3 is 50.2 Å². The smallest absolute Gasteiger partial charge is 0.534 e. The topological polar surface area (TPSA) is 233 Å². The van der Waals surface area contributed by atoms with Crippen molar-refractivity contribution in [3.8, 4) is 17.2 Å². The van der Waals surface area contributed by atoms with E-state index in [9.17, 15) is 44.0 Å². The summed E-state index contributed by atoms with van der Waals surface area (Å²) in [6, 6.07) is 14.6. The fourth-order valence-corrected chi connectivity index (χ4v) is 5.57. The third kappa shape index (κ3) is 8.70. The highest BCUT2D eigenvalue weighted by Gasteiger charge is 2.41. The summed E-state index contributed by atoms with van der Waals surface area (Å²) >= 11 is 0. The fourth-order valence-electron chi connectivity index (χ4n) is 5.57. The second-order valence-corrected chi connectivity index (χ2v) is 11.7. The van der Waals surface area contributed by atoms with Crippen molar-refractivity contribution in [1.82, 2.24) is 25.8 Å². The number of carboxylic acids is 1. The minimum atomic E-state index is -1.68. The Bertz CT molecular complexity index is 1840. The number of fused-ring (bicyclic) bond motifs is 1. The van der Waals surface area contributed by atoms with Gasteiger partial charge in [0.15, 0.2) is 11.5 Å². The van der Waals surface area contributed by atoms with Gasteiger partial charge in [-0.25, -0.2) is 14.4 Å². The van der Waals surface area contributed by atoms with Crippen LogP contribution in [0, 0.1) is 0 Å². The number of aromatic carboxylic acids is 1. The summed E-state index contributed by atoms with van der Waals surface area (Å²) in [7, 11) is -1.68. The van der Waals surface area contributed by atoms with Gasteiger partial charge >= 0.3 is 37.0 Å². The van der Waals surface area contributed by atoms with Gasteiger partial charge in [-0.2, -0.15) is 0 Å². The Morgan fingerprint density at radius 3 is 2.52 bits per heavy atom. The first kappa shape index (κ1) is 37.0. The number of nitrogens with one attached hydrogen (secondary N) is 3. The van der Waals surface area contributed by atoms with E-state index < -0.39 is 54.9 Å². The molecule has 0 radical (unpaired) electrons. The Balaban J connectivity index is 1.30. The number of amides is 6. The quantitative estimate of drug-likeness (QED) is 0.0875. The minimum Gasteiger partial charge on any atom is -0.534 e. The Labute approximate surface area is 297 Å². The summed E-state index contributed by atoms with van der Waals surface area (Å²) in [5.74, 6) is -5.74. The Hall–Kier alpha value is -6.30. The largest absolute Gasteiger partial charge is 0.547 e. The lowest BCUT2D eigenvalue weighted by molar-refractivity contribution is -0.153. The van der Waals surface area contributed by atoms with E-state index in [1.165, 1.54) is 35.2 Å². The summed E-state index contributed by atoms with van der Waals surface area (Å²) < 4.78 is 16.3. The molecule has 0 saturated carbocycles. The van der Waals surface area contributed by atoms with Gasteiger partial charge in [0.1, 0.15) is 25.0 Å². The number of rotatable bonds is 12. The summed E-state index contributed by atoms with van der Waals surface area (Å²) in [6.45, 7) is 1.78. The van der Waals surface area contributed by atoms with E-state index in [0.29, 0.717) is 10.5 Å². The number of hydrogen-bond acceptors (Lipinski definition) is 11. The van der Waals surface area contributed by atoms with Crippen LogP contribution in [0.2, 0.25) is 0 Å². The fraction of sp³-hybridized carbons (Fsp3) is 0.294. The van der Waals surface area contributed by atoms with Crippen LogP contribution in [0.15, 0.2) is 66.7 Å². The van der Waals surface area contributed by atoms with E-state index in [2.05, 4.69) is 16.0 Å². The SMILES string of the molecule is CCN1CCN(C(=O)NC(C(=O)N[C@H]2Cc3cccc(C(=O)O)c3OB2O)c2ccc(O)c(OCCNC(=O)OCc3ccccc3)c2)C(=O)C1=O. The molecule has 272 valence electrons. The predicted octanol–water partition coefficient (Wildman–Crippen LogP) is 0.977. The van der Waals surface area contributed by atoms with Crippen LogP contribution in [0.4, 0.5) is 9.59 Å². The molecule has 2 heterocycles. The van der Waals surface area contributed by atoms with Crippen molar-refractivity contribution < 1.29 is 58.1 Å². The van der Waals surface area contributed by atoms with Gasteiger partial charge in [-0.05, 0) is 48.2 Å². The number of carbonyl (C=O) groups is 6. The summed E-state index contributed by atoms with van der Waals surface area (Å²) in [4.78, 5) is 78.3. The Morgan fingerprint density at radius 2 is 1.79 bits per heavy atom. The van der Waals surface area contributed by atoms with E-state index in [0.717, 1.165) is 5.56 Å². The van der Waals surface area contributed by atoms with Crippen molar-refractivity contribution >= 4 is 42.9 Å². The molecule has 0 spiro atoms. The summed E-state index contributed by atoms with van der Waals surface area (Å²) in [6.07, 6.45) is -0.742. The average Bonchev–Trinajstić information content (AvgIpc) is 3.13. The normalized spacial score (nSPS) is 15.9. The lowest BCUT2D eigenvalue weighted by Gasteiger charge is -2.33. The lowest BCUT2D eigenvalue weighted by atomic mass is 9.72. The van der Waals surface area contributed by atoms with Crippen LogP contribution in [0.5, 0.6) is 17.2 Å². The first-order chi connectivity index (χ1) is 25.0. The molecular weight excluding hydrogens is 681 g/mol. The Kier molecular flexibility index (Phi) is 11.8. The molecule has 18 heteroatoms. The van der Waals surface area contributed by atoms with Crippen LogP contribution in [0.25, 0.3) is 0 Å². The number of alkyl carbamates (subject to hydrolysis) is 1. The number of phenolic OH excluding ortho intramolecular Hbond substituents is 1. The van der Waals surface area contributed by atoms with E-state index in [-0.39, 0.29) is 74.2 Å². The van der Waals surface area contributed by atoms with Crippen LogP contribution < -0.4 is 25.3 Å². The highest BCUT2D eigenvalue weighted by atomic mass is 16.5. The van der Waals surface area contributed by atoms with Crippen molar-refractivity contribution in [3.05, 3.63) is 89.0 Å². The molecule has 1 unspecified atom stereocenters. The summed E-state index contributed by atoms with van der Waals surface area (Å²) in [5.41, 5.74) is 1.08. The molecule has 1 fully saturated rings. The molecule has 1 saturated heterocycles. The second kappa shape index (κ2) is 16.6. The van der Waals surface area contributed by atoms with E-state index in [1.807, 2.05) is 18.2 Å². The number of para-hydroxylation sites is 1. The Morgan fingerprint density at radius 1 is 1.02 bits per heavy atom. The monoisotopic (exact) mass is 717 g/mol. The third-order valence-corrected chi connectivity index (χ3v) is 8.30. The number of likely N-dealkylation sites (N-methyl/N-ethyl adjacent to an activating group) is 1. The highest BCUT2D eigenvalue weighted by molar-refractivity contribution is 6.47. The van der Waals surface area contributed by atoms with Crippen LogP contribution in [0.3, 0.4) is 0 Å². The van der Waals surface area contributed by atoms with Crippen molar-refractivity contribution in [1.29, 1.82) is 0 Å². The van der Waals surface area contributed by atoms with Crippen molar-refractivity contribution in [3.63, 3.8) is 0 Å². The number of imide groups is 1. The first-order valence-electron chi connectivity index (χ1n) is 16.3. The number of phenols is 1. The van der Waals surface area contributed by atoms with Crippen molar-refractivity contribution in [2.24, 2.45) is 0 Å². The van der Waals surface area contributed by atoms with Crippen molar-refractivity contribution in [2.75, 3.05) is 32.8 Å². The predicted molar refractivity (Wildman–Crippen MR) is 181 cm³/mol. The van der Waals surface area contributed by atoms with Crippen LogP contribution in [0.1, 0.15) is 40.0 Å². The molecule has 3 aromatic carbocycles. The summed E-state index contributed by atoms with van der Waals surface area (Å²) in [5, 5.41) is 38.4. The maximum Gasteiger partial charge on any atom is 0.547 e. The van der Waals surface area contributed by atoms with Gasteiger partial charge in [-0.1, -0.05) is 48.5 Å². The highest BCUT2D eigenvalue weighted by Crippen LogP contribution is 2.32. The van der Waals surface area contributed by atoms with Gasteiger partial charge in [0, 0.05) is 19.6 Å². The molecule has 2 aliphatic heterocycles. The molecule has 52 heavy (non-hydrogen) atoms.